The summed E-state index contributed by atoms with van der Waals surface area (Å²) in [5.41, 5.74) is 2.75. The van der Waals surface area contributed by atoms with Crippen LogP contribution in [-0.4, -0.2) is 18.2 Å². The largest absolute Gasteiger partial charge is 0.301 e. The number of hydrogen-bond acceptors (Lipinski definition) is 2. The zero-order valence-corrected chi connectivity index (χ0v) is 11.2. The Hall–Kier alpha value is -2.49. The van der Waals surface area contributed by atoms with Crippen molar-refractivity contribution < 1.29 is 14.0 Å². The highest BCUT2D eigenvalue weighted by molar-refractivity contribution is 6.52. The lowest BCUT2D eigenvalue weighted by molar-refractivity contribution is -0.114. The number of halogens is 1. The number of fused-ring (bicyclic) bond motifs is 2. The van der Waals surface area contributed by atoms with E-state index in [1.807, 2.05) is 18.2 Å². The van der Waals surface area contributed by atoms with Crippen molar-refractivity contribution in [2.24, 2.45) is 0 Å². The molecular weight excluding hydrogens is 269 g/mol. The summed E-state index contributed by atoms with van der Waals surface area (Å²) >= 11 is 0. The van der Waals surface area contributed by atoms with Gasteiger partial charge in [-0.3, -0.25) is 9.59 Å². The van der Waals surface area contributed by atoms with E-state index >= 15 is 0 Å². The van der Waals surface area contributed by atoms with Gasteiger partial charge in [-0.1, -0.05) is 30.3 Å². The number of rotatable bonds is 2. The number of anilines is 1. The zero-order chi connectivity index (χ0) is 14.6. The van der Waals surface area contributed by atoms with E-state index in [2.05, 4.69) is 6.07 Å². The Kier molecular flexibility index (Phi) is 2.48. The highest BCUT2D eigenvalue weighted by Crippen LogP contribution is 2.39. The highest BCUT2D eigenvalue weighted by atomic mass is 19.1. The number of para-hydroxylation sites is 1. The molecule has 4 heteroatoms. The topological polar surface area (TPSA) is 37.4 Å². The molecule has 1 heterocycles. The first-order chi connectivity index (χ1) is 10.2. The average molecular weight is 281 g/mol. The Morgan fingerprint density at radius 2 is 1.90 bits per heavy atom. The van der Waals surface area contributed by atoms with Crippen LogP contribution in [0.2, 0.25) is 0 Å². The van der Waals surface area contributed by atoms with Crippen molar-refractivity contribution in [3.8, 4) is 0 Å². The molecule has 0 N–H and O–H groups in total. The lowest BCUT2D eigenvalue weighted by Gasteiger charge is -2.33. The summed E-state index contributed by atoms with van der Waals surface area (Å²) < 4.78 is 14.0. The first-order valence-electron chi connectivity index (χ1n) is 6.89. The molecule has 4 rings (SSSR count). The maximum absolute atomic E-state index is 14.0. The molecule has 0 aromatic heterocycles. The Morgan fingerprint density at radius 3 is 2.71 bits per heavy atom. The molecule has 1 amide bonds. The zero-order valence-electron chi connectivity index (χ0n) is 11.2. The summed E-state index contributed by atoms with van der Waals surface area (Å²) in [5.74, 6) is -1.58. The number of hydrogen-bond donors (Lipinski definition) is 0. The maximum Gasteiger partial charge on any atom is 0.299 e. The number of nitrogens with zero attached hydrogens (tertiary/aromatic N) is 1. The monoisotopic (exact) mass is 281 g/mol. The first kappa shape index (κ1) is 12.3. The van der Waals surface area contributed by atoms with Crippen molar-refractivity contribution in [1.29, 1.82) is 0 Å². The lowest BCUT2D eigenvalue weighted by atomic mass is 9.77. The normalized spacial score (nSPS) is 19.3. The van der Waals surface area contributed by atoms with Crippen molar-refractivity contribution in [3.05, 3.63) is 65.0 Å². The van der Waals surface area contributed by atoms with Gasteiger partial charge >= 0.3 is 0 Å². The number of Topliss-reactive ketones (excluding diaryl/α,β-unsaturated/α-hetero) is 1. The van der Waals surface area contributed by atoms with Gasteiger partial charge in [0.2, 0.25) is 0 Å². The molecule has 0 bridgehead atoms. The Balaban J connectivity index is 1.69. The fourth-order valence-corrected chi connectivity index (χ4v) is 3.23. The second-order valence-corrected chi connectivity index (χ2v) is 5.48. The van der Waals surface area contributed by atoms with Gasteiger partial charge in [0.25, 0.3) is 11.7 Å². The SMILES string of the molecule is O=C1C(=O)N(CC2Cc3ccccc32)c2c(F)cccc21. The summed E-state index contributed by atoms with van der Waals surface area (Å²) in [7, 11) is 0. The minimum atomic E-state index is -0.625. The smallest absolute Gasteiger partial charge is 0.299 e. The van der Waals surface area contributed by atoms with E-state index in [0.29, 0.717) is 6.54 Å². The minimum Gasteiger partial charge on any atom is -0.301 e. The van der Waals surface area contributed by atoms with Crippen molar-refractivity contribution in [1.82, 2.24) is 0 Å². The Labute approximate surface area is 121 Å². The van der Waals surface area contributed by atoms with Gasteiger partial charge in [0.15, 0.2) is 0 Å². The molecule has 1 aliphatic heterocycles. The van der Waals surface area contributed by atoms with Gasteiger partial charge in [0.05, 0.1) is 11.3 Å². The quantitative estimate of drug-likeness (QED) is 0.794. The molecule has 104 valence electrons. The summed E-state index contributed by atoms with van der Waals surface area (Å²) in [6.45, 7) is 0.357. The van der Waals surface area contributed by atoms with Crippen LogP contribution in [0.3, 0.4) is 0 Å². The molecule has 0 spiro atoms. The Morgan fingerprint density at radius 1 is 1.10 bits per heavy atom. The highest BCUT2D eigenvalue weighted by Gasteiger charge is 2.40. The molecule has 0 saturated heterocycles. The second-order valence-electron chi connectivity index (χ2n) is 5.48. The molecule has 21 heavy (non-hydrogen) atoms. The van der Waals surface area contributed by atoms with Crippen molar-refractivity contribution in [3.63, 3.8) is 0 Å². The van der Waals surface area contributed by atoms with Gasteiger partial charge in [-0.15, -0.1) is 0 Å². The predicted molar refractivity (Wildman–Crippen MR) is 76.0 cm³/mol. The van der Waals surface area contributed by atoms with Gasteiger partial charge in [-0.05, 0) is 29.7 Å². The number of amides is 1. The van der Waals surface area contributed by atoms with Crippen LogP contribution in [0.15, 0.2) is 42.5 Å². The molecule has 1 aliphatic carbocycles. The molecule has 2 aromatic rings. The van der Waals surface area contributed by atoms with Crippen LogP contribution in [0.5, 0.6) is 0 Å². The Bertz CT molecular complexity index is 784. The van der Waals surface area contributed by atoms with Gasteiger partial charge in [0, 0.05) is 12.5 Å². The lowest BCUT2D eigenvalue weighted by Crippen LogP contribution is -2.37. The van der Waals surface area contributed by atoms with Crippen LogP contribution in [0.1, 0.15) is 27.4 Å². The average Bonchev–Trinajstić information content (AvgIpc) is 2.71. The third-order valence-corrected chi connectivity index (χ3v) is 4.30. The van der Waals surface area contributed by atoms with E-state index < -0.39 is 17.5 Å². The third kappa shape index (κ3) is 1.65. The molecule has 0 radical (unpaired) electrons. The van der Waals surface area contributed by atoms with Crippen molar-refractivity contribution >= 4 is 17.4 Å². The summed E-state index contributed by atoms with van der Waals surface area (Å²) in [5, 5.41) is 0. The number of ketones is 1. The minimum absolute atomic E-state index is 0.136. The standard InChI is InChI=1S/C17H12FNO2/c18-14-7-3-6-13-15(14)19(17(21)16(13)20)9-11-8-10-4-1-2-5-12(10)11/h1-7,11H,8-9H2. The maximum atomic E-state index is 14.0. The van der Waals surface area contributed by atoms with Gasteiger partial charge in [0.1, 0.15) is 5.82 Å². The van der Waals surface area contributed by atoms with Crippen LogP contribution in [0.4, 0.5) is 10.1 Å². The van der Waals surface area contributed by atoms with E-state index in [1.165, 1.54) is 34.2 Å². The van der Waals surface area contributed by atoms with Crippen LogP contribution in [-0.2, 0) is 11.2 Å². The fourth-order valence-electron chi connectivity index (χ4n) is 3.23. The molecule has 0 saturated carbocycles. The second kappa shape index (κ2) is 4.25. The van der Waals surface area contributed by atoms with E-state index in [-0.39, 0.29) is 17.2 Å². The summed E-state index contributed by atoms with van der Waals surface area (Å²) in [6, 6.07) is 12.3. The summed E-state index contributed by atoms with van der Waals surface area (Å²) in [4.78, 5) is 25.3. The van der Waals surface area contributed by atoms with Gasteiger partial charge in [-0.2, -0.15) is 0 Å². The number of benzene rings is 2. The first-order valence-corrected chi connectivity index (χ1v) is 6.89. The van der Waals surface area contributed by atoms with E-state index in [4.69, 9.17) is 0 Å². The summed E-state index contributed by atoms with van der Waals surface area (Å²) in [6.07, 6.45) is 0.859. The molecule has 1 atom stereocenters. The van der Waals surface area contributed by atoms with Crippen LogP contribution in [0.25, 0.3) is 0 Å². The van der Waals surface area contributed by atoms with Crippen molar-refractivity contribution in [2.75, 3.05) is 11.4 Å². The fraction of sp³-hybridized carbons (Fsp3) is 0.176. The number of carbonyl (C=O) groups excluding carboxylic acids is 2. The molecular formula is C17H12FNO2. The molecule has 2 aliphatic rings. The molecule has 2 aromatic carbocycles. The van der Waals surface area contributed by atoms with Crippen LogP contribution in [0, 0.1) is 5.82 Å². The van der Waals surface area contributed by atoms with E-state index in [9.17, 15) is 14.0 Å². The number of carbonyl (C=O) groups is 2. The molecule has 0 fully saturated rings. The predicted octanol–water partition coefficient (Wildman–Crippen LogP) is 2.69. The van der Waals surface area contributed by atoms with Gasteiger partial charge < -0.3 is 4.90 Å². The third-order valence-electron chi connectivity index (χ3n) is 4.30. The van der Waals surface area contributed by atoms with E-state index in [1.54, 1.807) is 0 Å². The molecule has 1 unspecified atom stereocenters. The van der Waals surface area contributed by atoms with Gasteiger partial charge in [-0.25, -0.2) is 4.39 Å². The van der Waals surface area contributed by atoms with Crippen LogP contribution < -0.4 is 4.90 Å². The molecule has 3 nitrogen and oxygen atoms in total. The van der Waals surface area contributed by atoms with Crippen molar-refractivity contribution in [2.45, 2.75) is 12.3 Å². The van der Waals surface area contributed by atoms with E-state index in [0.717, 1.165) is 6.42 Å². The van der Waals surface area contributed by atoms with Crippen LogP contribution >= 0.6 is 0 Å².